The molecule has 0 unspecified atom stereocenters. The number of aryl methyl sites for hydroxylation is 1. The Morgan fingerprint density at radius 2 is 1.69 bits per heavy atom. The van der Waals surface area contributed by atoms with Gasteiger partial charge in [-0.2, -0.15) is 4.31 Å². The minimum absolute atomic E-state index is 0.0203. The number of carbonyl (C=O) groups is 1. The average Bonchev–Trinajstić information content (AvgIpc) is 2.95. The van der Waals surface area contributed by atoms with Gasteiger partial charge in [-0.3, -0.25) is 14.9 Å². The van der Waals surface area contributed by atoms with Crippen LogP contribution >= 0.6 is 0 Å². The quantitative estimate of drug-likeness (QED) is 0.224. The summed E-state index contributed by atoms with van der Waals surface area (Å²) in [6.45, 7) is 3.13. The molecule has 1 heterocycles. The molecule has 0 aliphatic carbocycles. The normalized spacial score (nSPS) is 14.4. The van der Waals surface area contributed by atoms with E-state index in [4.69, 9.17) is 9.47 Å². The van der Waals surface area contributed by atoms with E-state index in [1.165, 1.54) is 22.5 Å². The summed E-state index contributed by atoms with van der Waals surface area (Å²) in [5.41, 5.74) is 2.79. The smallest absolute Gasteiger partial charge is 0.269 e. The molecule has 1 aliphatic rings. The van der Waals surface area contributed by atoms with Crippen LogP contribution in [-0.2, 0) is 21.4 Å². The molecule has 39 heavy (non-hydrogen) atoms. The molecule has 3 aromatic rings. The van der Waals surface area contributed by atoms with Crippen LogP contribution in [0.2, 0.25) is 0 Å². The van der Waals surface area contributed by atoms with Crippen LogP contribution in [0, 0.1) is 17.0 Å². The second-order valence-corrected chi connectivity index (χ2v) is 10.9. The van der Waals surface area contributed by atoms with Crippen molar-refractivity contribution in [2.45, 2.75) is 18.4 Å². The average molecular weight is 552 g/mol. The summed E-state index contributed by atoms with van der Waals surface area (Å²) in [6.07, 6.45) is 3.12. The van der Waals surface area contributed by atoms with Crippen LogP contribution in [0.15, 0.2) is 77.7 Å². The van der Waals surface area contributed by atoms with Crippen LogP contribution in [-0.4, -0.2) is 61.7 Å². The maximum Gasteiger partial charge on any atom is 0.269 e. The number of methoxy groups -OCH3 is 1. The highest BCUT2D eigenvalue weighted by molar-refractivity contribution is 7.89. The van der Waals surface area contributed by atoms with Crippen LogP contribution in [0.4, 0.5) is 5.69 Å². The number of nitrogens with zero attached hydrogens (tertiary/aromatic N) is 3. The molecule has 3 aromatic carbocycles. The van der Waals surface area contributed by atoms with Gasteiger partial charge in [-0.25, -0.2) is 8.42 Å². The number of piperazine rings is 1. The molecule has 204 valence electrons. The van der Waals surface area contributed by atoms with Gasteiger partial charge in [0.2, 0.25) is 15.9 Å². The van der Waals surface area contributed by atoms with E-state index in [1.807, 2.05) is 37.3 Å². The summed E-state index contributed by atoms with van der Waals surface area (Å²) in [6, 6.07) is 18.2. The summed E-state index contributed by atoms with van der Waals surface area (Å²) < 4.78 is 38.5. The predicted molar refractivity (Wildman–Crippen MR) is 146 cm³/mol. The Balaban J connectivity index is 1.34. The third-order valence-corrected chi connectivity index (χ3v) is 8.40. The van der Waals surface area contributed by atoms with Crippen molar-refractivity contribution >= 4 is 27.7 Å². The highest BCUT2D eigenvalue weighted by atomic mass is 32.2. The molecule has 0 bridgehead atoms. The highest BCUT2D eigenvalue weighted by Gasteiger charge is 2.30. The number of carbonyl (C=O) groups excluding carboxylic acids is 1. The third kappa shape index (κ3) is 6.62. The van der Waals surface area contributed by atoms with Gasteiger partial charge in [-0.1, -0.05) is 30.3 Å². The Bertz CT molecular complexity index is 1480. The van der Waals surface area contributed by atoms with E-state index in [1.54, 1.807) is 30.2 Å². The van der Waals surface area contributed by atoms with E-state index in [2.05, 4.69) is 0 Å². The van der Waals surface area contributed by atoms with Crippen molar-refractivity contribution in [3.8, 4) is 11.5 Å². The number of amides is 1. The summed E-state index contributed by atoms with van der Waals surface area (Å²) in [5.74, 6) is 0.902. The van der Waals surface area contributed by atoms with Crippen molar-refractivity contribution in [1.82, 2.24) is 9.21 Å². The molecular formula is C28H29N3O7S. The van der Waals surface area contributed by atoms with Crippen molar-refractivity contribution in [2.75, 3.05) is 33.3 Å². The number of hydrogen-bond donors (Lipinski definition) is 0. The van der Waals surface area contributed by atoms with Gasteiger partial charge in [0.15, 0.2) is 11.5 Å². The number of nitro benzene ring substituents is 1. The molecule has 4 rings (SSSR count). The number of nitro groups is 1. The fourth-order valence-electron chi connectivity index (χ4n) is 4.15. The highest BCUT2D eigenvalue weighted by Crippen LogP contribution is 2.30. The van der Waals surface area contributed by atoms with Gasteiger partial charge in [0.1, 0.15) is 6.61 Å². The maximum atomic E-state index is 12.9. The summed E-state index contributed by atoms with van der Waals surface area (Å²) in [5, 5.41) is 10.8. The molecular weight excluding hydrogens is 522 g/mol. The molecule has 10 nitrogen and oxygen atoms in total. The van der Waals surface area contributed by atoms with Crippen molar-refractivity contribution in [3.63, 3.8) is 0 Å². The predicted octanol–water partition coefficient (Wildman–Crippen LogP) is 4.04. The van der Waals surface area contributed by atoms with Gasteiger partial charge < -0.3 is 14.4 Å². The maximum absolute atomic E-state index is 12.9. The SMILES string of the molecule is COc1cc(/C=C/C(=O)N2CCN(S(=O)(=O)c3ccc([N+](=O)[O-])cc3)CC2)ccc1OCc1ccccc1C. The largest absolute Gasteiger partial charge is 0.493 e. The van der Waals surface area contributed by atoms with Crippen LogP contribution in [0.25, 0.3) is 6.08 Å². The molecule has 0 spiro atoms. The Kier molecular flexibility index (Phi) is 8.62. The van der Waals surface area contributed by atoms with Gasteiger partial charge in [0.05, 0.1) is 16.9 Å². The Morgan fingerprint density at radius 1 is 1.00 bits per heavy atom. The molecule has 0 atom stereocenters. The van der Waals surface area contributed by atoms with Crippen molar-refractivity contribution in [3.05, 3.63) is 99.6 Å². The van der Waals surface area contributed by atoms with E-state index in [0.717, 1.165) is 28.8 Å². The van der Waals surface area contributed by atoms with Crippen molar-refractivity contribution < 1.29 is 27.6 Å². The van der Waals surface area contributed by atoms with Gasteiger partial charge in [-0.15, -0.1) is 0 Å². The second kappa shape index (κ2) is 12.1. The van der Waals surface area contributed by atoms with E-state index in [9.17, 15) is 23.3 Å². The van der Waals surface area contributed by atoms with Crippen molar-refractivity contribution in [2.24, 2.45) is 0 Å². The molecule has 11 heteroatoms. The molecule has 0 saturated carbocycles. The zero-order valence-corrected chi connectivity index (χ0v) is 22.5. The molecule has 1 aliphatic heterocycles. The minimum atomic E-state index is -3.82. The first-order chi connectivity index (χ1) is 18.7. The minimum Gasteiger partial charge on any atom is -0.493 e. The zero-order chi connectivity index (χ0) is 28.0. The van der Waals surface area contributed by atoms with Crippen LogP contribution in [0.5, 0.6) is 11.5 Å². The standard InChI is InChI=1S/C28H29N3O7S/c1-21-5-3-4-6-23(21)20-38-26-13-7-22(19-27(26)37-2)8-14-28(32)29-15-17-30(18-16-29)39(35,36)25-11-9-24(10-12-25)31(33)34/h3-14,19H,15-18,20H2,1-2H3/b14-8+. The van der Waals surface area contributed by atoms with Crippen molar-refractivity contribution in [1.29, 1.82) is 0 Å². The van der Waals surface area contributed by atoms with Crippen LogP contribution in [0.3, 0.4) is 0 Å². The lowest BCUT2D eigenvalue weighted by Gasteiger charge is -2.33. The Morgan fingerprint density at radius 3 is 2.33 bits per heavy atom. The Hall–Kier alpha value is -4.22. The van der Waals surface area contributed by atoms with Gasteiger partial charge >= 0.3 is 0 Å². The van der Waals surface area contributed by atoms with Crippen LogP contribution < -0.4 is 9.47 Å². The summed E-state index contributed by atoms with van der Waals surface area (Å²) >= 11 is 0. The summed E-state index contributed by atoms with van der Waals surface area (Å²) in [7, 11) is -2.26. The molecule has 1 fully saturated rings. The molecule has 1 amide bonds. The second-order valence-electron chi connectivity index (χ2n) is 8.94. The number of benzene rings is 3. The number of hydrogen-bond acceptors (Lipinski definition) is 7. The summed E-state index contributed by atoms with van der Waals surface area (Å²) in [4.78, 5) is 24.6. The monoisotopic (exact) mass is 551 g/mol. The Labute approximate surface area is 227 Å². The molecule has 0 aromatic heterocycles. The van der Waals surface area contributed by atoms with Gasteiger partial charge in [-0.05, 0) is 54.0 Å². The number of rotatable bonds is 9. The zero-order valence-electron chi connectivity index (χ0n) is 21.6. The van der Waals surface area contributed by atoms with Crippen LogP contribution in [0.1, 0.15) is 16.7 Å². The molecule has 0 N–H and O–H groups in total. The lowest BCUT2D eigenvalue weighted by atomic mass is 10.1. The third-order valence-electron chi connectivity index (χ3n) is 6.49. The first-order valence-corrected chi connectivity index (χ1v) is 13.7. The van der Waals surface area contributed by atoms with E-state index < -0.39 is 14.9 Å². The number of sulfonamides is 1. The molecule has 1 saturated heterocycles. The topological polar surface area (TPSA) is 119 Å². The first-order valence-electron chi connectivity index (χ1n) is 12.3. The first kappa shape index (κ1) is 27.8. The number of non-ortho nitro benzene ring substituents is 1. The lowest BCUT2D eigenvalue weighted by molar-refractivity contribution is -0.384. The van der Waals surface area contributed by atoms with E-state index >= 15 is 0 Å². The fourth-order valence-corrected chi connectivity index (χ4v) is 5.57. The molecule has 0 radical (unpaired) electrons. The lowest BCUT2D eigenvalue weighted by Crippen LogP contribution is -2.50. The van der Waals surface area contributed by atoms with Gasteiger partial charge in [0.25, 0.3) is 5.69 Å². The van der Waals surface area contributed by atoms with Gasteiger partial charge in [0, 0.05) is 44.4 Å². The fraction of sp³-hybridized carbons (Fsp3) is 0.250. The van der Waals surface area contributed by atoms with E-state index in [-0.39, 0.29) is 42.7 Å². The number of ether oxygens (including phenoxy) is 2. The van der Waals surface area contributed by atoms with E-state index in [0.29, 0.717) is 18.1 Å².